The number of nitriles is 1. The van der Waals surface area contributed by atoms with Crippen LogP contribution in [0.5, 0.6) is 0 Å². The lowest BCUT2D eigenvalue weighted by molar-refractivity contribution is -0.141. The van der Waals surface area contributed by atoms with Crippen LogP contribution >= 0.6 is 0 Å². The number of anilines is 1. The highest BCUT2D eigenvalue weighted by Crippen LogP contribution is 2.33. The third kappa shape index (κ3) is 2.42. The number of benzene rings is 1. The molecular weight excluding hydrogens is 276 g/mol. The monoisotopic (exact) mass is 284 g/mol. The number of rotatable bonds is 2. The van der Waals surface area contributed by atoms with E-state index in [4.69, 9.17) is 11.0 Å². The number of nitrogens with zero attached hydrogens (tertiary/aromatic N) is 3. The average molecular weight is 284 g/mol. The topological polar surface area (TPSA) is 67.6 Å². The van der Waals surface area contributed by atoms with Crippen molar-refractivity contribution in [3.8, 4) is 6.07 Å². The lowest BCUT2D eigenvalue weighted by Crippen LogP contribution is -2.10. The number of halogens is 4. The molecule has 1 aromatic heterocycles. The second kappa shape index (κ2) is 4.85. The summed E-state index contributed by atoms with van der Waals surface area (Å²) in [5, 5.41) is 12.0. The Hall–Kier alpha value is -2.56. The lowest BCUT2D eigenvalue weighted by atomic mass is 10.2. The number of nitrogen functional groups attached to an aromatic ring is 1. The standard InChI is InChI=1S/C12H8F4N4/c13-9-4-2-1-3-7(9)6-20-11(18)8(5-17)10(19-20)12(14,15)16/h1-4H,6,18H2. The Morgan fingerprint density at radius 2 is 1.95 bits per heavy atom. The van der Waals surface area contributed by atoms with Gasteiger partial charge in [0.2, 0.25) is 0 Å². The van der Waals surface area contributed by atoms with Crippen LogP contribution in [0.4, 0.5) is 23.4 Å². The van der Waals surface area contributed by atoms with Gasteiger partial charge in [-0.05, 0) is 6.07 Å². The third-order valence-electron chi connectivity index (χ3n) is 2.65. The summed E-state index contributed by atoms with van der Waals surface area (Å²) in [7, 11) is 0. The van der Waals surface area contributed by atoms with E-state index in [9.17, 15) is 17.6 Å². The first-order valence-electron chi connectivity index (χ1n) is 5.41. The SMILES string of the molecule is N#Cc1c(C(F)(F)F)nn(Cc2ccccc2F)c1N. The highest BCUT2D eigenvalue weighted by Gasteiger charge is 2.39. The molecule has 0 saturated carbocycles. The minimum Gasteiger partial charge on any atom is -0.383 e. The first kappa shape index (κ1) is 13.9. The van der Waals surface area contributed by atoms with Crippen molar-refractivity contribution in [2.75, 3.05) is 5.73 Å². The van der Waals surface area contributed by atoms with E-state index in [1.807, 2.05) is 0 Å². The van der Waals surface area contributed by atoms with E-state index < -0.39 is 29.1 Å². The van der Waals surface area contributed by atoms with Crippen molar-refractivity contribution in [1.82, 2.24) is 9.78 Å². The van der Waals surface area contributed by atoms with Gasteiger partial charge in [-0.25, -0.2) is 9.07 Å². The number of alkyl halides is 3. The molecule has 0 fully saturated rings. The van der Waals surface area contributed by atoms with Crippen LogP contribution in [-0.4, -0.2) is 9.78 Å². The Kier molecular flexibility index (Phi) is 3.36. The van der Waals surface area contributed by atoms with E-state index >= 15 is 0 Å². The van der Waals surface area contributed by atoms with Gasteiger partial charge in [-0.3, -0.25) is 0 Å². The Bertz CT molecular complexity index is 682. The zero-order valence-corrected chi connectivity index (χ0v) is 9.95. The number of hydrogen-bond donors (Lipinski definition) is 1. The van der Waals surface area contributed by atoms with Gasteiger partial charge in [0, 0.05) is 5.56 Å². The fourth-order valence-electron chi connectivity index (χ4n) is 1.69. The molecule has 0 saturated heterocycles. The molecule has 1 aromatic carbocycles. The van der Waals surface area contributed by atoms with Crippen molar-refractivity contribution in [2.24, 2.45) is 0 Å². The maximum atomic E-state index is 13.5. The van der Waals surface area contributed by atoms with E-state index in [0.717, 1.165) is 4.68 Å². The van der Waals surface area contributed by atoms with E-state index in [2.05, 4.69) is 5.10 Å². The molecule has 20 heavy (non-hydrogen) atoms. The first-order chi connectivity index (χ1) is 9.34. The summed E-state index contributed by atoms with van der Waals surface area (Å²) in [6, 6.07) is 6.93. The molecule has 0 atom stereocenters. The van der Waals surface area contributed by atoms with Crippen molar-refractivity contribution in [3.63, 3.8) is 0 Å². The molecule has 0 aliphatic rings. The van der Waals surface area contributed by atoms with Crippen LogP contribution in [0.1, 0.15) is 16.8 Å². The summed E-state index contributed by atoms with van der Waals surface area (Å²) < 4.78 is 52.3. The predicted octanol–water partition coefficient (Wildman–Crippen LogP) is 2.54. The van der Waals surface area contributed by atoms with Gasteiger partial charge >= 0.3 is 6.18 Å². The molecule has 2 aromatic rings. The Labute approximate surface area is 111 Å². The van der Waals surface area contributed by atoms with Crippen molar-refractivity contribution in [1.29, 1.82) is 5.26 Å². The van der Waals surface area contributed by atoms with Gasteiger partial charge in [0.05, 0.1) is 6.54 Å². The van der Waals surface area contributed by atoms with Crippen molar-refractivity contribution in [2.45, 2.75) is 12.7 Å². The van der Waals surface area contributed by atoms with Crippen LogP contribution in [0.2, 0.25) is 0 Å². The first-order valence-corrected chi connectivity index (χ1v) is 5.41. The fourth-order valence-corrected chi connectivity index (χ4v) is 1.69. The van der Waals surface area contributed by atoms with Crippen LogP contribution in [0.15, 0.2) is 24.3 Å². The molecule has 0 radical (unpaired) electrons. The second-order valence-corrected chi connectivity index (χ2v) is 3.97. The molecule has 104 valence electrons. The summed E-state index contributed by atoms with van der Waals surface area (Å²) in [5.41, 5.74) is 3.47. The zero-order valence-electron chi connectivity index (χ0n) is 9.95. The van der Waals surface area contributed by atoms with E-state index in [1.54, 1.807) is 0 Å². The molecule has 0 bridgehead atoms. The van der Waals surface area contributed by atoms with Crippen molar-refractivity contribution < 1.29 is 17.6 Å². The number of nitrogens with two attached hydrogens (primary N) is 1. The smallest absolute Gasteiger partial charge is 0.383 e. The molecule has 1 heterocycles. The highest BCUT2D eigenvalue weighted by atomic mass is 19.4. The minimum atomic E-state index is -4.79. The number of aromatic nitrogens is 2. The molecule has 0 aliphatic carbocycles. The number of hydrogen-bond acceptors (Lipinski definition) is 3. The summed E-state index contributed by atoms with van der Waals surface area (Å²) in [4.78, 5) is 0. The van der Waals surface area contributed by atoms with Gasteiger partial charge in [-0.1, -0.05) is 18.2 Å². The molecular formula is C12H8F4N4. The molecule has 0 spiro atoms. The maximum Gasteiger partial charge on any atom is 0.436 e. The summed E-state index contributed by atoms with van der Waals surface area (Å²) in [6.45, 7) is -0.288. The van der Waals surface area contributed by atoms with Gasteiger partial charge in [0.1, 0.15) is 23.3 Å². The summed E-state index contributed by atoms with van der Waals surface area (Å²) in [5.74, 6) is -1.03. The lowest BCUT2D eigenvalue weighted by Gasteiger charge is -2.05. The summed E-state index contributed by atoms with van der Waals surface area (Å²) >= 11 is 0. The van der Waals surface area contributed by atoms with Crippen molar-refractivity contribution in [3.05, 3.63) is 46.9 Å². The van der Waals surface area contributed by atoms with Crippen LogP contribution in [0, 0.1) is 17.1 Å². The van der Waals surface area contributed by atoms with Crippen LogP contribution < -0.4 is 5.73 Å². The van der Waals surface area contributed by atoms with Crippen LogP contribution in [0.3, 0.4) is 0 Å². The molecule has 0 amide bonds. The Morgan fingerprint density at radius 3 is 2.45 bits per heavy atom. The second-order valence-electron chi connectivity index (χ2n) is 3.97. The molecule has 8 heteroatoms. The van der Waals surface area contributed by atoms with E-state index in [1.165, 1.54) is 30.3 Å². The molecule has 0 aliphatic heterocycles. The molecule has 4 nitrogen and oxygen atoms in total. The van der Waals surface area contributed by atoms with Crippen LogP contribution in [-0.2, 0) is 12.7 Å². The van der Waals surface area contributed by atoms with E-state index in [0.29, 0.717) is 0 Å². The van der Waals surface area contributed by atoms with Gasteiger partial charge in [-0.15, -0.1) is 0 Å². The minimum absolute atomic E-state index is 0.125. The maximum absolute atomic E-state index is 13.5. The molecule has 2 N–H and O–H groups in total. The molecule has 2 rings (SSSR count). The van der Waals surface area contributed by atoms with Gasteiger partial charge in [0.15, 0.2) is 5.69 Å². The Morgan fingerprint density at radius 1 is 1.30 bits per heavy atom. The average Bonchev–Trinajstić information content (AvgIpc) is 2.69. The van der Waals surface area contributed by atoms with Gasteiger partial charge in [-0.2, -0.15) is 23.5 Å². The van der Waals surface area contributed by atoms with E-state index in [-0.39, 0.29) is 12.1 Å². The summed E-state index contributed by atoms with van der Waals surface area (Å²) in [6.07, 6.45) is -4.79. The van der Waals surface area contributed by atoms with Crippen molar-refractivity contribution >= 4 is 5.82 Å². The highest BCUT2D eigenvalue weighted by molar-refractivity contribution is 5.53. The normalized spacial score (nSPS) is 11.3. The third-order valence-corrected chi connectivity index (χ3v) is 2.65. The van der Waals surface area contributed by atoms with Crippen LogP contribution in [0.25, 0.3) is 0 Å². The zero-order chi connectivity index (χ0) is 14.9. The quantitative estimate of drug-likeness (QED) is 0.862. The van der Waals surface area contributed by atoms with Gasteiger partial charge < -0.3 is 5.73 Å². The van der Waals surface area contributed by atoms with Gasteiger partial charge in [0.25, 0.3) is 0 Å². The fraction of sp³-hybridized carbons (Fsp3) is 0.167. The molecule has 0 unspecified atom stereocenters. The Balaban J connectivity index is 2.47. The predicted molar refractivity (Wildman–Crippen MR) is 61.9 cm³/mol. The largest absolute Gasteiger partial charge is 0.436 e.